The number of hydrogen-bond donors (Lipinski definition) is 0. The van der Waals surface area contributed by atoms with Gasteiger partial charge in [-0.05, 0) is 38.1 Å². The van der Waals surface area contributed by atoms with Gasteiger partial charge in [0, 0.05) is 0 Å². The molecule has 1 heterocycles. The van der Waals surface area contributed by atoms with Crippen molar-refractivity contribution in [3.63, 3.8) is 0 Å². The topological polar surface area (TPSA) is 61.8 Å². The van der Waals surface area contributed by atoms with Crippen LogP contribution in [0.3, 0.4) is 0 Å². The van der Waals surface area contributed by atoms with Crippen LogP contribution in [0.1, 0.15) is 12.5 Å². The van der Waals surface area contributed by atoms with E-state index < -0.39 is 10.1 Å². The lowest BCUT2D eigenvalue weighted by atomic mass is 10.2. The molecule has 0 aliphatic carbocycles. The van der Waals surface area contributed by atoms with E-state index in [0.29, 0.717) is 23.0 Å². The zero-order valence-corrected chi connectivity index (χ0v) is 13.6. The molecule has 1 aliphatic rings. The number of hydrogen-bond acceptors (Lipinski definition) is 5. The van der Waals surface area contributed by atoms with Gasteiger partial charge in [-0.2, -0.15) is 8.42 Å². The van der Waals surface area contributed by atoms with Gasteiger partial charge in [0.25, 0.3) is 10.1 Å². The van der Waals surface area contributed by atoms with Gasteiger partial charge in [-0.15, -0.1) is 0 Å². The third kappa shape index (κ3) is 3.38. The van der Waals surface area contributed by atoms with Crippen LogP contribution >= 0.6 is 0 Å². The number of para-hydroxylation sites is 2. The molecule has 3 rings (SSSR count). The fraction of sp³-hybridized carbons (Fsp3) is 0.176. The van der Waals surface area contributed by atoms with Crippen molar-refractivity contribution in [1.82, 2.24) is 0 Å². The van der Waals surface area contributed by atoms with E-state index in [4.69, 9.17) is 13.7 Å². The molecular formula is C17H16O5S. The van der Waals surface area contributed by atoms with E-state index in [9.17, 15) is 8.42 Å². The van der Waals surface area contributed by atoms with E-state index in [2.05, 4.69) is 0 Å². The highest BCUT2D eigenvalue weighted by atomic mass is 32.2. The fourth-order valence-corrected chi connectivity index (χ4v) is 2.95. The maximum absolute atomic E-state index is 12.2. The van der Waals surface area contributed by atoms with Crippen LogP contribution in [-0.4, -0.2) is 15.0 Å². The average molecular weight is 332 g/mol. The number of ether oxygens (including phenoxy) is 2. The smallest absolute Gasteiger partial charge is 0.297 e. The second kappa shape index (κ2) is 6.06. The molecule has 0 unspecified atom stereocenters. The highest BCUT2D eigenvalue weighted by Gasteiger charge is 2.22. The maximum atomic E-state index is 12.2. The van der Waals surface area contributed by atoms with Gasteiger partial charge in [-0.3, -0.25) is 4.18 Å². The van der Waals surface area contributed by atoms with Gasteiger partial charge in [0.15, 0.2) is 17.3 Å². The molecule has 0 amide bonds. The van der Waals surface area contributed by atoms with Crippen LogP contribution in [0.4, 0.5) is 0 Å². The Morgan fingerprint density at radius 1 is 0.913 bits per heavy atom. The summed E-state index contributed by atoms with van der Waals surface area (Å²) in [6.07, 6.45) is 0. The fourth-order valence-electron chi connectivity index (χ4n) is 2.08. The second-order valence-corrected chi connectivity index (χ2v) is 6.77. The summed E-state index contributed by atoms with van der Waals surface area (Å²) in [5, 5.41) is 0. The van der Waals surface area contributed by atoms with Gasteiger partial charge in [-0.1, -0.05) is 29.8 Å². The van der Waals surface area contributed by atoms with E-state index in [1.807, 2.05) is 19.1 Å². The SMILES string of the molecule is CC1=C(COS(=O)(=O)c2ccc(C)cc2)Oc2ccccc2O1. The van der Waals surface area contributed by atoms with Crippen LogP contribution in [0.2, 0.25) is 0 Å². The van der Waals surface area contributed by atoms with Crippen LogP contribution in [0, 0.1) is 6.92 Å². The van der Waals surface area contributed by atoms with Gasteiger partial charge in [0.1, 0.15) is 12.4 Å². The zero-order chi connectivity index (χ0) is 16.4. The van der Waals surface area contributed by atoms with E-state index in [-0.39, 0.29) is 11.5 Å². The van der Waals surface area contributed by atoms with Crippen molar-refractivity contribution in [1.29, 1.82) is 0 Å². The van der Waals surface area contributed by atoms with Crippen LogP contribution in [0.5, 0.6) is 11.5 Å². The molecule has 2 aromatic rings. The molecule has 5 nitrogen and oxygen atoms in total. The Balaban J connectivity index is 1.74. The summed E-state index contributed by atoms with van der Waals surface area (Å²) in [4.78, 5) is 0.110. The third-order valence-corrected chi connectivity index (χ3v) is 4.67. The number of benzene rings is 2. The molecule has 6 heteroatoms. The normalized spacial score (nSPS) is 14.0. The van der Waals surface area contributed by atoms with Crippen molar-refractivity contribution in [2.75, 3.05) is 6.61 Å². The first-order valence-corrected chi connectivity index (χ1v) is 8.47. The van der Waals surface area contributed by atoms with Gasteiger partial charge >= 0.3 is 0 Å². The molecule has 23 heavy (non-hydrogen) atoms. The first-order valence-electron chi connectivity index (χ1n) is 7.06. The predicted molar refractivity (Wildman–Crippen MR) is 84.7 cm³/mol. The molecule has 2 aromatic carbocycles. The molecule has 0 aromatic heterocycles. The Morgan fingerprint density at radius 2 is 1.52 bits per heavy atom. The Kier molecular flexibility index (Phi) is 4.11. The van der Waals surface area contributed by atoms with Gasteiger partial charge in [0.2, 0.25) is 0 Å². The monoisotopic (exact) mass is 332 g/mol. The second-order valence-electron chi connectivity index (χ2n) is 5.16. The molecule has 0 bridgehead atoms. The standard InChI is InChI=1S/C17H16O5S/c1-12-7-9-14(10-8-12)23(18,19)20-11-17-13(2)21-15-5-3-4-6-16(15)22-17/h3-10H,11H2,1-2H3. The van der Waals surface area contributed by atoms with Crippen molar-refractivity contribution < 1.29 is 22.1 Å². The van der Waals surface area contributed by atoms with E-state index in [1.165, 1.54) is 12.1 Å². The summed E-state index contributed by atoms with van der Waals surface area (Å²) < 4.78 is 40.8. The Labute approximate surface area is 135 Å². The van der Waals surface area contributed by atoms with Crippen molar-refractivity contribution in [3.05, 3.63) is 65.6 Å². The van der Waals surface area contributed by atoms with Gasteiger partial charge in [-0.25, -0.2) is 0 Å². The summed E-state index contributed by atoms with van der Waals surface area (Å²) in [5.41, 5.74) is 0.975. The quantitative estimate of drug-likeness (QED) is 0.803. The Bertz CT molecular complexity index is 851. The van der Waals surface area contributed by atoms with Crippen LogP contribution in [0.25, 0.3) is 0 Å². The molecule has 0 saturated carbocycles. The van der Waals surface area contributed by atoms with Crippen molar-refractivity contribution >= 4 is 10.1 Å². The molecule has 0 atom stereocenters. The molecule has 1 aliphatic heterocycles. The molecule has 0 saturated heterocycles. The van der Waals surface area contributed by atoms with Crippen LogP contribution in [0.15, 0.2) is 64.9 Å². The van der Waals surface area contributed by atoms with Crippen LogP contribution in [-0.2, 0) is 14.3 Å². The summed E-state index contributed by atoms with van der Waals surface area (Å²) in [6, 6.07) is 13.6. The van der Waals surface area contributed by atoms with Crippen LogP contribution < -0.4 is 9.47 Å². The summed E-state index contributed by atoms with van der Waals surface area (Å²) >= 11 is 0. The lowest BCUT2D eigenvalue weighted by Crippen LogP contribution is -2.17. The largest absolute Gasteiger partial charge is 0.454 e. The first kappa shape index (κ1) is 15.6. The lowest BCUT2D eigenvalue weighted by Gasteiger charge is -2.21. The zero-order valence-electron chi connectivity index (χ0n) is 12.8. The number of aryl methyl sites for hydroxylation is 1. The maximum Gasteiger partial charge on any atom is 0.297 e. The minimum atomic E-state index is -3.85. The van der Waals surface area contributed by atoms with E-state index in [1.54, 1.807) is 31.2 Å². The number of fused-ring (bicyclic) bond motifs is 1. The molecule has 0 radical (unpaired) electrons. The van der Waals surface area contributed by atoms with Gasteiger partial charge in [0.05, 0.1) is 4.90 Å². The highest BCUT2D eigenvalue weighted by Crippen LogP contribution is 2.34. The Hall–Kier alpha value is -2.31. The summed E-state index contributed by atoms with van der Waals surface area (Å²) in [6.45, 7) is 3.36. The molecule has 0 spiro atoms. The summed E-state index contributed by atoms with van der Waals surface area (Å²) in [5.74, 6) is 1.93. The number of allylic oxidation sites excluding steroid dienone is 1. The molecule has 120 valence electrons. The molecule has 0 fully saturated rings. The summed E-state index contributed by atoms with van der Waals surface area (Å²) in [7, 11) is -3.85. The van der Waals surface area contributed by atoms with Crippen molar-refractivity contribution in [2.24, 2.45) is 0 Å². The van der Waals surface area contributed by atoms with Crippen molar-refractivity contribution in [3.8, 4) is 11.5 Å². The number of rotatable bonds is 4. The predicted octanol–water partition coefficient (Wildman–Crippen LogP) is 3.40. The van der Waals surface area contributed by atoms with Crippen molar-refractivity contribution in [2.45, 2.75) is 18.7 Å². The Morgan fingerprint density at radius 3 is 2.17 bits per heavy atom. The van der Waals surface area contributed by atoms with E-state index in [0.717, 1.165) is 5.56 Å². The third-order valence-electron chi connectivity index (χ3n) is 3.39. The van der Waals surface area contributed by atoms with E-state index >= 15 is 0 Å². The van der Waals surface area contributed by atoms with Gasteiger partial charge < -0.3 is 9.47 Å². The molecular weight excluding hydrogens is 316 g/mol. The minimum absolute atomic E-state index is 0.110. The lowest BCUT2D eigenvalue weighted by molar-refractivity contribution is 0.234. The molecule has 0 N–H and O–H groups in total. The average Bonchev–Trinajstić information content (AvgIpc) is 2.53. The minimum Gasteiger partial charge on any atom is -0.454 e. The first-order chi connectivity index (χ1) is 11.0. The highest BCUT2D eigenvalue weighted by molar-refractivity contribution is 7.86.